The first kappa shape index (κ1) is 29.5. The Kier molecular flexibility index (Phi) is 8.82. The van der Waals surface area contributed by atoms with Gasteiger partial charge in [0.1, 0.15) is 6.61 Å². The molecule has 43 heavy (non-hydrogen) atoms. The number of fused-ring (bicyclic) bond motifs is 3. The summed E-state index contributed by atoms with van der Waals surface area (Å²) in [5, 5.41) is 16.3. The van der Waals surface area contributed by atoms with E-state index >= 15 is 0 Å². The molecule has 0 saturated heterocycles. The smallest absolute Gasteiger partial charge is 0.411 e. The molecule has 1 aliphatic carbocycles. The number of methoxy groups -OCH3 is 3. The van der Waals surface area contributed by atoms with E-state index in [0.717, 1.165) is 27.8 Å². The van der Waals surface area contributed by atoms with Gasteiger partial charge in [-0.25, -0.2) is 4.79 Å². The Bertz CT molecular complexity index is 1580. The fraction of sp³-hybridized carbons (Fsp3) is 0.235. The molecular weight excluding hydrogens is 548 g/mol. The standard InChI is InChI=1S/C34H34N2O7/c1-20-13-14-21(33(38)35-18-29(37)22-16-30(40-2)32(42-4)31(17-22)41-3)15-28(20)36-34(39)43-19-27-25-11-7-5-9-23(25)24-10-6-8-12-26(24)27/h5-17,27,29,37H,18-19H2,1-4H3,(H,35,38)(H,36,39). The maximum atomic E-state index is 13.0. The largest absolute Gasteiger partial charge is 0.493 e. The van der Waals surface area contributed by atoms with Crippen LogP contribution in [0.2, 0.25) is 0 Å². The fourth-order valence-electron chi connectivity index (χ4n) is 5.35. The van der Waals surface area contributed by atoms with Crippen LogP contribution in [0.3, 0.4) is 0 Å². The Hall–Kier alpha value is -5.02. The molecule has 1 unspecified atom stereocenters. The highest BCUT2D eigenvalue weighted by Crippen LogP contribution is 2.44. The normalized spacial score (nSPS) is 12.5. The lowest BCUT2D eigenvalue weighted by atomic mass is 9.98. The van der Waals surface area contributed by atoms with E-state index in [1.807, 2.05) is 31.2 Å². The van der Waals surface area contributed by atoms with E-state index < -0.39 is 18.1 Å². The predicted molar refractivity (Wildman–Crippen MR) is 163 cm³/mol. The van der Waals surface area contributed by atoms with Gasteiger partial charge in [-0.15, -0.1) is 0 Å². The van der Waals surface area contributed by atoms with Crippen molar-refractivity contribution in [1.29, 1.82) is 0 Å². The summed E-state index contributed by atoms with van der Waals surface area (Å²) in [6.07, 6.45) is -1.65. The van der Waals surface area contributed by atoms with Gasteiger partial charge in [0.15, 0.2) is 11.5 Å². The quantitative estimate of drug-likeness (QED) is 0.215. The van der Waals surface area contributed by atoms with Crippen LogP contribution >= 0.6 is 0 Å². The van der Waals surface area contributed by atoms with E-state index in [2.05, 4.69) is 34.9 Å². The number of hydrogen-bond acceptors (Lipinski definition) is 7. The maximum absolute atomic E-state index is 13.0. The number of aliphatic hydroxyl groups excluding tert-OH is 1. The molecular formula is C34H34N2O7. The molecule has 5 rings (SSSR count). The van der Waals surface area contributed by atoms with Gasteiger partial charge in [0.25, 0.3) is 5.91 Å². The van der Waals surface area contributed by atoms with Crippen molar-refractivity contribution in [2.45, 2.75) is 18.9 Å². The summed E-state index contributed by atoms with van der Waals surface area (Å²) < 4.78 is 21.7. The highest BCUT2D eigenvalue weighted by Gasteiger charge is 2.29. The molecule has 0 spiro atoms. The molecule has 1 aliphatic rings. The first-order valence-corrected chi connectivity index (χ1v) is 13.8. The third-order valence-corrected chi connectivity index (χ3v) is 7.61. The number of aliphatic hydroxyl groups is 1. The zero-order valence-electron chi connectivity index (χ0n) is 24.5. The van der Waals surface area contributed by atoms with Gasteiger partial charge in [-0.1, -0.05) is 54.6 Å². The SMILES string of the molecule is COc1cc(C(O)CNC(=O)c2ccc(C)c(NC(=O)OCC3c4ccccc4-c4ccccc43)c2)cc(OC)c1OC. The Morgan fingerprint density at radius 3 is 2.02 bits per heavy atom. The van der Waals surface area contributed by atoms with Crippen LogP contribution in [0.4, 0.5) is 10.5 Å². The van der Waals surface area contributed by atoms with Gasteiger partial charge in [0.05, 0.1) is 27.4 Å². The summed E-state index contributed by atoms with van der Waals surface area (Å²) in [4.78, 5) is 25.8. The van der Waals surface area contributed by atoms with Crippen LogP contribution in [-0.4, -0.2) is 51.6 Å². The third-order valence-electron chi connectivity index (χ3n) is 7.61. The zero-order chi connectivity index (χ0) is 30.5. The molecule has 9 nitrogen and oxygen atoms in total. The van der Waals surface area contributed by atoms with Crippen molar-refractivity contribution < 1.29 is 33.6 Å². The van der Waals surface area contributed by atoms with Gasteiger partial charge in [-0.2, -0.15) is 0 Å². The van der Waals surface area contributed by atoms with Crippen LogP contribution in [-0.2, 0) is 4.74 Å². The van der Waals surface area contributed by atoms with E-state index in [1.165, 1.54) is 21.3 Å². The van der Waals surface area contributed by atoms with Gasteiger partial charge in [-0.3, -0.25) is 10.1 Å². The predicted octanol–water partition coefficient (Wildman–Crippen LogP) is 5.85. The Morgan fingerprint density at radius 2 is 1.44 bits per heavy atom. The Labute approximate surface area is 250 Å². The average Bonchev–Trinajstić information content (AvgIpc) is 3.36. The highest BCUT2D eigenvalue weighted by molar-refractivity contribution is 5.96. The van der Waals surface area contributed by atoms with Crippen LogP contribution in [0.5, 0.6) is 17.2 Å². The van der Waals surface area contributed by atoms with Crippen LogP contribution in [0.1, 0.15) is 44.6 Å². The van der Waals surface area contributed by atoms with Crippen molar-refractivity contribution in [2.75, 3.05) is 39.8 Å². The molecule has 1 atom stereocenters. The second-order valence-electron chi connectivity index (χ2n) is 10.2. The number of rotatable bonds is 10. The summed E-state index contributed by atoms with van der Waals surface area (Å²) in [5.74, 6) is 0.714. The number of nitrogens with one attached hydrogen (secondary N) is 2. The minimum absolute atomic E-state index is 0.0616. The fourth-order valence-corrected chi connectivity index (χ4v) is 5.35. The molecule has 0 heterocycles. The number of hydrogen-bond donors (Lipinski definition) is 3. The molecule has 3 N–H and O–H groups in total. The van der Waals surface area contributed by atoms with Crippen LogP contribution in [0.25, 0.3) is 11.1 Å². The van der Waals surface area contributed by atoms with Gasteiger partial charge in [0.2, 0.25) is 5.75 Å². The molecule has 0 radical (unpaired) electrons. The second-order valence-corrected chi connectivity index (χ2v) is 10.2. The van der Waals surface area contributed by atoms with Crippen LogP contribution in [0, 0.1) is 6.92 Å². The van der Waals surface area contributed by atoms with Crippen LogP contribution in [0.15, 0.2) is 78.9 Å². The lowest BCUT2D eigenvalue weighted by molar-refractivity contribution is 0.0916. The number of anilines is 1. The minimum atomic E-state index is -1.04. The Morgan fingerprint density at radius 1 is 0.837 bits per heavy atom. The van der Waals surface area contributed by atoms with Crippen molar-refractivity contribution >= 4 is 17.7 Å². The molecule has 0 saturated carbocycles. The first-order chi connectivity index (χ1) is 20.8. The van der Waals surface area contributed by atoms with Gasteiger partial charge >= 0.3 is 6.09 Å². The van der Waals surface area contributed by atoms with Crippen molar-refractivity contribution in [2.24, 2.45) is 0 Å². The minimum Gasteiger partial charge on any atom is -0.493 e. The summed E-state index contributed by atoms with van der Waals surface area (Å²) in [6.45, 7) is 1.94. The average molecular weight is 583 g/mol. The first-order valence-electron chi connectivity index (χ1n) is 13.8. The van der Waals surface area contributed by atoms with Crippen molar-refractivity contribution in [3.63, 3.8) is 0 Å². The van der Waals surface area contributed by atoms with E-state index in [0.29, 0.717) is 34.1 Å². The van der Waals surface area contributed by atoms with E-state index in [1.54, 1.807) is 30.3 Å². The summed E-state index contributed by atoms with van der Waals surface area (Å²) in [7, 11) is 4.47. The summed E-state index contributed by atoms with van der Waals surface area (Å²) in [6, 6.07) is 24.5. The monoisotopic (exact) mass is 582 g/mol. The number of carbonyl (C=O) groups is 2. The molecule has 9 heteroatoms. The summed E-state index contributed by atoms with van der Waals surface area (Å²) >= 11 is 0. The zero-order valence-corrected chi connectivity index (χ0v) is 24.5. The molecule has 0 aliphatic heterocycles. The lowest BCUT2D eigenvalue weighted by Gasteiger charge is -2.18. The second kappa shape index (κ2) is 12.9. The topological polar surface area (TPSA) is 115 Å². The van der Waals surface area contributed by atoms with Gasteiger partial charge in [0, 0.05) is 23.7 Å². The number of ether oxygens (including phenoxy) is 4. The van der Waals surface area contributed by atoms with E-state index in [-0.39, 0.29) is 19.1 Å². The van der Waals surface area contributed by atoms with Crippen molar-refractivity contribution in [3.8, 4) is 28.4 Å². The van der Waals surface area contributed by atoms with E-state index in [9.17, 15) is 14.7 Å². The lowest BCUT2D eigenvalue weighted by Crippen LogP contribution is -2.28. The maximum Gasteiger partial charge on any atom is 0.411 e. The Balaban J connectivity index is 1.21. The molecule has 0 aromatic heterocycles. The number of benzene rings is 4. The van der Waals surface area contributed by atoms with Gasteiger partial charge < -0.3 is 29.4 Å². The molecule has 4 aromatic rings. The van der Waals surface area contributed by atoms with Crippen molar-refractivity contribution in [1.82, 2.24) is 5.32 Å². The van der Waals surface area contributed by atoms with Crippen LogP contribution < -0.4 is 24.8 Å². The van der Waals surface area contributed by atoms with Crippen molar-refractivity contribution in [3.05, 3.63) is 107 Å². The number of amides is 2. The number of carbonyl (C=O) groups excluding carboxylic acids is 2. The number of aryl methyl sites for hydroxylation is 1. The molecule has 4 aromatic carbocycles. The van der Waals surface area contributed by atoms with Gasteiger partial charge in [-0.05, 0) is 64.6 Å². The molecule has 0 bridgehead atoms. The third kappa shape index (κ3) is 6.12. The van der Waals surface area contributed by atoms with E-state index in [4.69, 9.17) is 18.9 Å². The summed E-state index contributed by atoms with van der Waals surface area (Å²) in [5.41, 5.74) is 6.57. The molecule has 0 fully saturated rings. The molecule has 222 valence electrons. The molecule has 2 amide bonds. The highest BCUT2D eigenvalue weighted by atomic mass is 16.5.